The highest BCUT2D eigenvalue weighted by atomic mass is 32.2. The maximum atomic E-state index is 12.4. The van der Waals surface area contributed by atoms with Gasteiger partial charge in [0, 0.05) is 18.9 Å². The van der Waals surface area contributed by atoms with Crippen LogP contribution in [0.5, 0.6) is 0 Å². The van der Waals surface area contributed by atoms with Crippen LogP contribution in [0, 0.1) is 26.2 Å². The Morgan fingerprint density at radius 2 is 1.52 bits per heavy atom. The fourth-order valence-corrected chi connectivity index (χ4v) is 3.38. The molecule has 2 rings (SSSR count). The Hall–Kier alpha value is -2.09. The molecular formula is C19H21NO2S. The second-order valence-electron chi connectivity index (χ2n) is 5.68. The summed E-state index contributed by atoms with van der Waals surface area (Å²) in [7, 11) is -3.53. The molecule has 1 N–H and O–H groups in total. The van der Waals surface area contributed by atoms with Crippen molar-refractivity contribution in [2.24, 2.45) is 0 Å². The van der Waals surface area contributed by atoms with Crippen LogP contribution in [0.25, 0.3) is 0 Å². The van der Waals surface area contributed by atoms with E-state index in [1.54, 1.807) is 24.3 Å². The number of sulfonamides is 1. The lowest BCUT2D eigenvalue weighted by molar-refractivity contribution is 0.571. The van der Waals surface area contributed by atoms with Gasteiger partial charge in [0.15, 0.2) is 0 Å². The first kappa shape index (κ1) is 17.3. The van der Waals surface area contributed by atoms with Gasteiger partial charge < -0.3 is 0 Å². The van der Waals surface area contributed by atoms with E-state index in [2.05, 4.69) is 10.6 Å². The van der Waals surface area contributed by atoms with Gasteiger partial charge in [-0.15, -0.1) is 12.3 Å². The molecule has 0 aliphatic heterocycles. The van der Waals surface area contributed by atoms with Gasteiger partial charge in [-0.3, -0.25) is 0 Å². The maximum absolute atomic E-state index is 12.4. The van der Waals surface area contributed by atoms with Gasteiger partial charge in [-0.1, -0.05) is 47.5 Å². The van der Waals surface area contributed by atoms with Crippen molar-refractivity contribution in [3.8, 4) is 12.3 Å². The first-order valence-corrected chi connectivity index (χ1v) is 8.97. The number of hydrogen-bond acceptors (Lipinski definition) is 2. The molecule has 0 fully saturated rings. The fraction of sp³-hybridized carbons (Fsp3) is 0.263. The smallest absolute Gasteiger partial charge is 0.211 e. The summed E-state index contributed by atoms with van der Waals surface area (Å²) in [6.07, 6.45) is 5.92. The minimum absolute atomic E-state index is 0.0409. The summed E-state index contributed by atoms with van der Waals surface area (Å²) in [5.41, 5.74) is 3.22. The highest BCUT2D eigenvalue weighted by molar-refractivity contribution is 7.89. The molecule has 0 aliphatic carbocycles. The Balaban J connectivity index is 2.13. The van der Waals surface area contributed by atoms with E-state index in [4.69, 9.17) is 6.42 Å². The minimum Gasteiger partial charge on any atom is -0.211 e. The SMILES string of the molecule is C#CCC(CNS(=O)(=O)c1ccc(C)cc1)c1ccc(C)cc1. The molecule has 0 saturated carbocycles. The summed E-state index contributed by atoms with van der Waals surface area (Å²) < 4.78 is 27.4. The molecule has 23 heavy (non-hydrogen) atoms. The third-order valence-electron chi connectivity index (χ3n) is 3.76. The Morgan fingerprint density at radius 1 is 1.00 bits per heavy atom. The Labute approximate surface area is 138 Å². The molecule has 120 valence electrons. The van der Waals surface area contributed by atoms with Crippen LogP contribution in [-0.2, 0) is 10.0 Å². The molecule has 0 aliphatic rings. The monoisotopic (exact) mass is 327 g/mol. The van der Waals surface area contributed by atoms with Crippen LogP contribution in [-0.4, -0.2) is 15.0 Å². The van der Waals surface area contributed by atoms with E-state index in [0.29, 0.717) is 6.42 Å². The van der Waals surface area contributed by atoms with Gasteiger partial charge in [-0.05, 0) is 31.5 Å². The van der Waals surface area contributed by atoms with Crippen molar-refractivity contribution < 1.29 is 8.42 Å². The highest BCUT2D eigenvalue weighted by Crippen LogP contribution is 2.20. The minimum atomic E-state index is -3.53. The molecule has 0 spiro atoms. The number of hydrogen-bond donors (Lipinski definition) is 1. The van der Waals surface area contributed by atoms with Gasteiger partial charge in [0.05, 0.1) is 4.90 Å². The first-order valence-electron chi connectivity index (χ1n) is 7.49. The van der Waals surface area contributed by atoms with E-state index in [-0.39, 0.29) is 17.4 Å². The van der Waals surface area contributed by atoms with Crippen LogP contribution in [0.2, 0.25) is 0 Å². The Morgan fingerprint density at radius 3 is 2.04 bits per heavy atom. The predicted octanol–water partition coefficient (Wildman–Crippen LogP) is 3.39. The van der Waals surface area contributed by atoms with E-state index in [1.807, 2.05) is 38.1 Å². The van der Waals surface area contributed by atoms with Crippen molar-refractivity contribution in [1.82, 2.24) is 4.72 Å². The van der Waals surface area contributed by atoms with Crippen molar-refractivity contribution in [1.29, 1.82) is 0 Å². The van der Waals surface area contributed by atoms with Gasteiger partial charge in [-0.2, -0.15) is 0 Å². The molecule has 2 aromatic rings. The molecule has 0 heterocycles. The lowest BCUT2D eigenvalue weighted by Gasteiger charge is -2.16. The summed E-state index contributed by atoms with van der Waals surface area (Å²) >= 11 is 0. The van der Waals surface area contributed by atoms with E-state index in [1.165, 1.54) is 0 Å². The van der Waals surface area contributed by atoms with Crippen LogP contribution in [0.3, 0.4) is 0 Å². The number of rotatable bonds is 6. The summed E-state index contributed by atoms with van der Waals surface area (Å²) in [4.78, 5) is 0.270. The lowest BCUT2D eigenvalue weighted by atomic mass is 9.95. The average Bonchev–Trinajstić information content (AvgIpc) is 2.53. The Kier molecular flexibility index (Phi) is 5.59. The molecule has 2 aromatic carbocycles. The zero-order chi connectivity index (χ0) is 16.9. The van der Waals surface area contributed by atoms with Crippen LogP contribution >= 0.6 is 0 Å². The Bertz CT molecular complexity index is 785. The van der Waals surface area contributed by atoms with Crippen molar-refractivity contribution >= 4 is 10.0 Å². The standard InChI is InChI=1S/C19H21NO2S/c1-4-5-18(17-10-6-15(2)7-11-17)14-20-23(21,22)19-12-8-16(3)9-13-19/h1,6-13,18,20H,5,14H2,2-3H3. The number of benzene rings is 2. The number of aryl methyl sites for hydroxylation is 2. The normalized spacial score (nSPS) is 12.6. The highest BCUT2D eigenvalue weighted by Gasteiger charge is 2.17. The zero-order valence-electron chi connectivity index (χ0n) is 13.4. The molecule has 1 atom stereocenters. The molecule has 4 heteroatoms. The quantitative estimate of drug-likeness (QED) is 0.827. The summed E-state index contributed by atoms with van der Waals surface area (Å²) in [5, 5.41) is 0. The number of nitrogens with one attached hydrogen (secondary N) is 1. The van der Waals surface area contributed by atoms with Crippen molar-refractivity contribution in [3.63, 3.8) is 0 Å². The summed E-state index contributed by atoms with van der Waals surface area (Å²) in [5.74, 6) is 2.59. The number of terminal acetylenes is 1. The molecule has 0 bridgehead atoms. The summed E-state index contributed by atoms with van der Waals surface area (Å²) in [6, 6.07) is 14.8. The van der Waals surface area contributed by atoms with Gasteiger partial charge in [0.25, 0.3) is 0 Å². The topological polar surface area (TPSA) is 46.2 Å². The van der Waals surface area contributed by atoms with E-state index >= 15 is 0 Å². The second kappa shape index (κ2) is 7.45. The van der Waals surface area contributed by atoms with Gasteiger partial charge in [0.2, 0.25) is 10.0 Å². The molecule has 0 amide bonds. The van der Waals surface area contributed by atoms with Crippen LogP contribution in [0.4, 0.5) is 0 Å². The van der Waals surface area contributed by atoms with Crippen LogP contribution in [0.15, 0.2) is 53.4 Å². The van der Waals surface area contributed by atoms with Gasteiger partial charge in [-0.25, -0.2) is 13.1 Å². The van der Waals surface area contributed by atoms with Gasteiger partial charge in [0.1, 0.15) is 0 Å². The first-order chi connectivity index (χ1) is 10.9. The molecule has 1 unspecified atom stereocenters. The van der Waals surface area contributed by atoms with E-state index in [9.17, 15) is 8.42 Å². The van der Waals surface area contributed by atoms with Crippen molar-refractivity contribution in [2.75, 3.05) is 6.54 Å². The molecule has 0 aromatic heterocycles. The average molecular weight is 327 g/mol. The molecule has 3 nitrogen and oxygen atoms in total. The predicted molar refractivity (Wildman–Crippen MR) is 93.7 cm³/mol. The fourth-order valence-electron chi connectivity index (χ4n) is 2.30. The van der Waals surface area contributed by atoms with Crippen molar-refractivity contribution in [3.05, 3.63) is 65.2 Å². The molecule has 0 saturated heterocycles. The largest absolute Gasteiger partial charge is 0.240 e. The lowest BCUT2D eigenvalue weighted by Crippen LogP contribution is -2.28. The third-order valence-corrected chi connectivity index (χ3v) is 5.20. The summed E-state index contributed by atoms with van der Waals surface area (Å²) in [6.45, 7) is 4.22. The third kappa shape index (κ3) is 4.69. The zero-order valence-corrected chi connectivity index (χ0v) is 14.2. The molecule has 0 radical (unpaired) electrons. The molecular weight excluding hydrogens is 306 g/mol. The van der Waals surface area contributed by atoms with Gasteiger partial charge >= 0.3 is 0 Å². The van der Waals surface area contributed by atoms with E-state index in [0.717, 1.165) is 16.7 Å². The maximum Gasteiger partial charge on any atom is 0.240 e. The second-order valence-corrected chi connectivity index (χ2v) is 7.45. The van der Waals surface area contributed by atoms with Crippen LogP contribution in [0.1, 0.15) is 29.0 Å². The van der Waals surface area contributed by atoms with E-state index < -0.39 is 10.0 Å². The van der Waals surface area contributed by atoms with Crippen LogP contribution < -0.4 is 4.72 Å². The van der Waals surface area contributed by atoms with Crippen molar-refractivity contribution in [2.45, 2.75) is 31.1 Å².